The Kier molecular flexibility index (Phi) is 4.15. The maximum absolute atomic E-state index is 11.8. The Bertz CT molecular complexity index is 497. The van der Waals surface area contributed by atoms with E-state index in [9.17, 15) is 8.42 Å². The van der Waals surface area contributed by atoms with E-state index >= 15 is 0 Å². The molecule has 1 aromatic rings. The Morgan fingerprint density at radius 1 is 1.50 bits per heavy atom. The predicted octanol–water partition coefficient (Wildman–Crippen LogP) is -0.117. The first-order valence-corrected chi connectivity index (χ1v) is 8.15. The van der Waals surface area contributed by atoms with Gasteiger partial charge in [-0.25, -0.2) is 13.1 Å². The van der Waals surface area contributed by atoms with Gasteiger partial charge in [0.25, 0.3) is 10.0 Å². The number of aromatic nitrogens is 2. The van der Waals surface area contributed by atoms with Crippen LogP contribution in [-0.4, -0.2) is 49.2 Å². The number of nitrogens with zero attached hydrogens (tertiary/aromatic N) is 3. The summed E-state index contributed by atoms with van der Waals surface area (Å²) in [6.07, 6.45) is 2.43. The smallest absolute Gasteiger partial charge is 0.269 e. The molecule has 1 aliphatic carbocycles. The Morgan fingerprint density at radius 3 is 2.72 bits per heavy atom. The van der Waals surface area contributed by atoms with Crippen LogP contribution >= 0.6 is 11.3 Å². The molecule has 7 nitrogen and oxygen atoms in total. The second-order valence-corrected chi connectivity index (χ2v) is 7.11. The van der Waals surface area contributed by atoms with Crippen molar-refractivity contribution >= 4 is 26.5 Å². The van der Waals surface area contributed by atoms with E-state index in [0.717, 1.165) is 17.9 Å². The fourth-order valence-electron chi connectivity index (χ4n) is 1.75. The summed E-state index contributed by atoms with van der Waals surface area (Å²) >= 11 is 0.869. The number of sulfonamides is 1. The molecule has 0 amide bonds. The summed E-state index contributed by atoms with van der Waals surface area (Å²) in [5, 5.41) is 7.19. The van der Waals surface area contributed by atoms with Crippen LogP contribution < -0.4 is 10.5 Å². The second kappa shape index (κ2) is 5.47. The Labute approximate surface area is 110 Å². The molecule has 1 heterocycles. The number of nitrogens with two attached hydrogens (primary N) is 1. The molecule has 1 saturated carbocycles. The average Bonchev–Trinajstić information content (AvgIpc) is 3.06. The summed E-state index contributed by atoms with van der Waals surface area (Å²) in [7, 11) is -3.56. The van der Waals surface area contributed by atoms with E-state index in [0.29, 0.717) is 19.1 Å². The molecular formula is C9H17N5O2S2. The number of nitrogen functional groups attached to an aromatic ring is 1. The molecule has 0 atom stereocenters. The Morgan fingerprint density at radius 2 is 2.22 bits per heavy atom. The fourth-order valence-corrected chi connectivity index (χ4v) is 3.60. The van der Waals surface area contributed by atoms with E-state index < -0.39 is 10.0 Å². The van der Waals surface area contributed by atoms with Gasteiger partial charge in [-0.3, -0.25) is 4.90 Å². The van der Waals surface area contributed by atoms with E-state index in [2.05, 4.69) is 26.7 Å². The van der Waals surface area contributed by atoms with Gasteiger partial charge in [-0.05, 0) is 19.4 Å². The van der Waals surface area contributed by atoms with Gasteiger partial charge in [-0.1, -0.05) is 18.3 Å². The van der Waals surface area contributed by atoms with Gasteiger partial charge in [0.2, 0.25) is 9.47 Å². The first-order valence-electron chi connectivity index (χ1n) is 5.85. The van der Waals surface area contributed by atoms with Crippen LogP contribution in [0.4, 0.5) is 5.13 Å². The lowest BCUT2D eigenvalue weighted by Crippen LogP contribution is -2.36. The number of hydrogen-bond acceptors (Lipinski definition) is 7. The molecule has 1 aromatic heterocycles. The highest BCUT2D eigenvalue weighted by atomic mass is 32.2. The van der Waals surface area contributed by atoms with Crippen LogP contribution in [-0.2, 0) is 10.0 Å². The molecule has 9 heteroatoms. The van der Waals surface area contributed by atoms with Crippen LogP contribution in [0, 0.1) is 0 Å². The van der Waals surface area contributed by atoms with Gasteiger partial charge in [0.15, 0.2) is 0 Å². The maximum atomic E-state index is 11.8. The molecule has 3 N–H and O–H groups in total. The van der Waals surface area contributed by atoms with Gasteiger partial charge >= 0.3 is 0 Å². The van der Waals surface area contributed by atoms with Gasteiger partial charge in [-0.15, -0.1) is 10.2 Å². The minimum atomic E-state index is -3.56. The van der Waals surface area contributed by atoms with Crippen LogP contribution in [0.3, 0.4) is 0 Å². The zero-order valence-electron chi connectivity index (χ0n) is 10.2. The number of hydrogen-bond donors (Lipinski definition) is 2. The van der Waals surface area contributed by atoms with Crippen LogP contribution in [0.1, 0.15) is 19.8 Å². The summed E-state index contributed by atoms with van der Waals surface area (Å²) in [4.78, 5) is 2.27. The summed E-state index contributed by atoms with van der Waals surface area (Å²) in [6.45, 7) is 4.12. The normalized spacial score (nSPS) is 16.3. The molecule has 0 aromatic carbocycles. The predicted molar refractivity (Wildman–Crippen MR) is 69.8 cm³/mol. The van der Waals surface area contributed by atoms with Crippen molar-refractivity contribution in [3.8, 4) is 0 Å². The zero-order valence-corrected chi connectivity index (χ0v) is 11.8. The van der Waals surface area contributed by atoms with Gasteiger partial charge in [0.1, 0.15) is 0 Å². The second-order valence-electron chi connectivity index (χ2n) is 4.16. The minimum Gasteiger partial charge on any atom is -0.374 e. The molecule has 0 saturated heterocycles. The zero-order chi connectivity index (χ0) is 13.2. The van der Waals surface area contributed by atoms with Crippen LogP contribution in [0.15, 0.2) is 4.34 Å². The summed E-state index contributed by atoms with van der Waals surface area (Å²) in [5.41, 5.74) is 5.37. The Balaban J connectivity index is 1.85. The summed E-state index contributed by atoms with van der Waals surface area (Å²) in [5.74, 6) is 0. The number of likely N-dealkylation sites (N-methyl/N-ethyl adjacent to an activating group) is 1. The molecule has 1 fully saturated rings. The lowest BCUT2D eigenvalue weighted by Gasteiger charge is -2.19. The molecule has 102 valence electrons. The van der Waals surface area contributed by atoms with Crippen molar-refractivity contribution in [2.75, 3.05) is 25.4 Å². The monoisotopic (exact) mass is 291 g/mol. The standard InChI is InChI=1S/C9H17N5O2S2/c1-2-14(7-3-4-7)6-5-11-18(15,16)9-13-12-8(10)17-9/h7,11H,2-6H2,1H3,(H2,10,12). The number of anilines is 1. The molecular weight excluding hydrogens is 274 g/mol. The lowest BCUT2D eigenvalue weighted by molar-refractivity contribution is 0.282. The third-order valence-corrected chi connectivity index (χ3v) is 5.39. The summed E-state index contributed by atoms with van der Waals surface area (Å²) < 4.78 is 26.1. The molecule has 0 radical (unpaired) electrons. The van der Waals surface area contributed by atoms with Crippen molar-refractivity contribution in [2.24, 2.45) is 0 Å². The molecule has 2 rings (SSSR count). The molecule has 0 aliphatic heterocycles. The molecule has 1 aliphatic rings. The van der Waals surface area contributed by atoms with E-state index in [4.69, 9.17) is 5.73 Å². The average molecular weight is 291 g/mol. The highest BCUT2D eigenvalue weighted by molar-refractivity contribution is 7.91. The van der Waals surface area contributed by atoms with Crippen LogP contribution in [0.5, 0.6) is 0 Å². The quantitative estimate of drug-likeness (QED) is 0.726. The van der Waals surface area contributed by atoms with Crippen molar-refractivity contribution in [3.05, 3.63) is 0 Å². The van der Waals surface area contributed by atoms with Gasteiger partial charge < -0.3 is 5.73 Å². The lowest BCUT2D eigenvalue weighted by atomic mass is 10.4. The minimum absolute atomic E-state index is 0.0746. The van der Waals surface area contributed by atoms with E-state index in [-0.39, 0.29) is 9.47 Å². The Hall–Kier alpha value is -0.770. The van der Waals surface area contributed by atoms with Crippen LogP contribution in [0.25, 0.3) is 0 Å². The molecule has 18 heavy (non-hydrogen) atoms. The largest absolute Gasteiger partial charge is 0.374 e. The summed E-state index contributed by atoms with van der Waals surface area (Å²) in [6, 6.07) is 0.636. The fraction of sp³-hybridized carbons (Fsp3) is 0.778. The molecule has 0 bridgehead atoms. The maximum Gasteiger partial charge on any atom is 0.269 e. The van der Waals surface area contributed by atoms with E-state index in [1.807, 2.05) is 0 Å². The van der Waals surface area contributed by atoms with Gasteiger partial charge in [-0.2, -0.15) is 0 Å². The van der Waals surface area contributed by atoms with Crippen molar-refractivity contribution in [1.82, 2.24) is 19.8 Å². The number of nitrogens with one attached hydrogen (secondary N) is 1. The first kappa shape index (κ1) is 13.7. The van der Waals surface area contributed by atoms with Crippen molar-refractivity contribution in [2.45, 2.75) is 30.1 Å². The van der Waals surface area contributed by atoms with Gasteiger partial charge in [0, 0.05) is 19.1 Å². The highest BCUT2D eigenvalue weighted by Crippen LogP contribution is 2.25. The van der Waals surface area contributed by atoms with E-state index in [1.165, 1.54) is 12.8 Å². The number of rotatable bonds is 7. The molecule has 0 unspecified atom stereocenters. The first-order chi connectivity index (χ1) is 8.53. The van der Waals surface area contributed by atoms with E-state index in [1.54, 1.807) is 0 Å². The van der Waals surface area contributed by atoms with Crippen molar-refractivity contribution < 1.29 is 8.42 Å². The highest BCUT2D eigenvalue weighted by Gasteiger charge is 2.28. The van der Waals surface area contributed by atoms with Crippen molar-refractivity contribution in [1.29, 1.82) is 0 Å². The third-order valence-electron chi connectivity index (χ3n) is 2.81. The van der Waals surface area contributed by atoms with Crippen LogP contribution in [0.2, 0.25) is 0 Å². The topological polar surface area (TPSA) is 101 Å². The van der Waals surface area contributed by atoms with Gasteiger partial charge in [0.05, 0.1) is 0 Å². The SMILES string of the molecule is CCN(CCNS(=O)(=O)c1nnc(N)s1)C1CC1. The van der Waals surface area contributed by atoms with Crippen molar-refractivity contribution in [3.63, 3.8) is 0 Å². The molecule has 0 spiro atoms. The third kappa shape index (κ3) is 3.37.